The van der Waals surface area contributed by atoms with E-state index in [4.69, 9.17) is 4.74 Å². The van der Waals surface area contributed by atoms with E-state index >= 15 is 0 Å². The first-order valence-electron chi connectivity index (χ1n) is 25.1. The van der Waals surface area contributed by atoms with E-state index in [1.165, 1.54) is 154 Å². The molecule has 1 amide bonds. The van der Waals surface area contributed by atoms with Crippen molar-refractivity contribution in [2.24, 2.45) is 0 Å². The van der Waals surface area contributed by atoms with Gasteiger partial charge in [0.1, 0.15) is 0 Å². The molecule has 0 aromatic rings. The molecule has 0 aromatic carbocycles. The van der Waals surface area contributed by atoms with Crippen LogP contribution in [0.3, 0.4) is 0 Å². The van der Waals surface area contributed by atoms with Crippen LogP contribution in [-0.2, 0) is 14.3 Å². The maximum Gasteiger partial charge on any atom is 0.305 e. The van der Waals surface area contributed by atoms with Crippen molar-refractivity contribution < 1.29 is 24.5 Å². The summed E-state index contributed by atoms with van der Waals surface area (Å²) in [5.41, 5.74) is 0. The molecule has 2 unspecified atom stereocenters. The number of amides is 1. The first-order chi connectivity index (χ1) is 28.0. The third-order valence-corrected chi connectivity index (χ3v) is 11.5. The van der Waals surface area contributed by atoms with E-state index in [-0.39, 0.29) is 18.5 Å². The maximum atomic E-state index is 12.4. The molecule has 3 N–H and O–H groups in total. The van der Waals surface area contributed by atoms with Gasteiger partial charge in [0.25, 0.3) is 0 Å². The number of ether oxygens (including phenoxy) is 1. The Bertz CT molecular complexity index is 889. The second-order valence-corrected chi connectivity index (χ2v) is 17.1. The normalized spacial score (nSPS) is 12.8. The van der Waals surface area contributed by atoms with Gasteiger partial charge in [0.15, 0.2) is 0 Å². The number of aliphatic hydroxyl groups is 2. The number of unbranched alkanes of at least 4 members (excludes halogenated alkanes) is 33. The summed E-state index contributed by atoms with van der Waals surface area (Å²) in [5, 5.41) is 23.1. The predicted octanol–water partition coefficient (Wildman–Crippen LogP) is 14.7. The molecular formula is C51H97NO5. The topological polar surface area (TPSA) is 95.9 Å². The fourth-order valence-electron chi connectivity index (χ4n) is 7.57. The lowest BCUT2D eigenvalue weighted by molar-refractivity contribution is -0.143. The van der Waals surface area contributed by atoms with Crippen LogP contribution in [0.1, 0.15) is 264 Å². The zero-order chi connectivity index (χ0) is 41.5. The highest BCUT2D eigenvalue weighted by Crippen LogP contribution is 2.16. The molecule has 0 bridgehead atoms. The number of hydrogen-bond donors (Lipinski definition) is 3. The SMILES string of the molecule is CCCCCCCCCCCCCCCCCC/C=C/C(O)C(CO)NC(=O)CCCCCCC/C=C\CCCCOC(=O)CCCCCCCCCCCCC. The number of esters is 1. The van der Waals surface area contributed by atoms with Gasteiger partial charge in [0, 0.05) is 12.8 Å². The lowest BCUT2D eigenvalue weighted by atomic mass is 10.0. The summed E-state index contributed by atoms with van der Waals surface area (Å²) in [6.07, 6.45) is 54.6. The largest absolute Gasteiger partial charge is 0.466 e. The van der Waals surface area contributed by atoms with Crippen molar-refractivity contribution in [3.05, 3.63) is 24.3 Å². The van der Waals surface area contributed by atoms with E-state index in [1.54, 1.807) is 6.08 Å². The third kappa shape index (κ3) is 43.7. The van der Waals surface area contributed by atoms with Crippen molar-refractivity contribution in [2.45, 2.75) is 276 Å². The molecule has 6 nitrogen and oxygen atoms in total. The minimum Gasteiger partial charge on any atom is -0.466 e. The monoisotopic (exact) mass is 804 g/mol. The molecule has 0 rings (SSSR count). The van der Waals surface area contributed by atoms with Crippen LogP contribution >= 0.6 is 0 Å². The van der Waals surface area contributed by atoms with Crippen molar-refractivity contribution in [1.29, 1.82) is 0 Å². The molecule has 0 saturated heterocycles. The Hall–Kier alpha value is -1.66. The Balaban J connectivity index is 3.57. The maximum absolute atomic E-state index is 12.4. The van der Waals surface area contributed by atoms with E-state index < -0.39 is 12.1 Å². The van der Waals surface area contributed by atoms with Gasteiger partial charge in [0.2, 0.25) is 5.91 Å². The molecule has 0 heterocycles. The molecule has 336 valence electrons. The van der Waals surface area contributed by atoms with Crippen LogP contribution in [0, 0.1) is 0 Å². The average molecular weight is 804 g/mol. The summed E-state index contributed by atoms with van der Waals surface area (Å²) >= 11 is 0. The van der Waals surface area contributed by atoms with Crippen LogP contribution < -0.4 is 5.32 Å². The molecule has 2 atom stereocenters. The minimum absolute atomic E-state index is 0.0335. The van der Waals surface area contributed by atoms with Gasteiger partial charge in [-0.05, 0) is 57.8 Å². The number of carbonyl (C=O) groups is 2. The molecule has 0 fully saturated rings. The average Bonchev–Trinajstić information content (AvgIpc) is 3.21. The fourth-order valence-corrected chi connectivity index (χ4v) is 7.57. The number of nitrogens with one attached hydrogen (secondary N) is 1. The van der Waals surface area contributed by atoms with Crippen molar-refractivity contribution >= 4 is 11.9 Å². The summed E-state index contributed by atoms with van der Waals surface area (Å²) in [6, 6.07) is -0.648. The van der Waals surface area contributed by atoms with E-state index in [0.29, 0.717) is 19.4 Å². The first-order valence-corrected chi connectivity index (χ1v) is 25.1. The second kappa shape index (κ2) is 47.0. The van der Waals surface area contributed by atoms with Crippen LogP contribution in [0.25, 0.3) is 0 Å². The molecule has 57 heavy (non-hydrogen) atoms. The number of rotatable bonds is 46. The Morgan fingerprint density at radius 1 is 0.474 bits per heavy atom. The van der Waals surface area contributed by atoms with E-state index in [9.17, 15) is 19.8 Å². The lowest BCUT2D eigenvalue weighted by Crippen LogP contribution is -2.45. The highest BCUT2D eigenvalue weighted by atomic mass is 16.5. The quantitative estimate of drug-likeness (QED) is 0.0324. The van der Waals surface area contributed by atoms with Gasteiger partial charge in [0.05, 0.1) is 25.4 Å². The lowest BCUT2D eigenvalue weighted by Gasteiger charge is -2.20. The van der Waals surface area contributed by atoms with E-state index in [0.717, 1.165) is 83.5 Å². The van der Waals surface area contributed by atoms with Crippen molar-refractivity contribution in [2.75, 3.05) is 13.2 Å². The molecule has 0 aliphatic heterocycles. The van der Waals surface area contributed by atoms with Crippen LogP contribution in [0.5, 0.6) is 0 Å². The number of aliphatic hydroxyl groups excluding tert-OH is 2. The van der Waals surface area contributed by atoms with Gasteiger partial charge in [-0.15, -0.1) is 0 Å². The molecular weight excluding hydrogens is 707 g/mol. The smallest absolute Gasteiger partial charge is 0.305 e. The third-order valence-electron chi connectivity index (χ3n) is 11.5. The Morgan fingerprint density at radius 2 is 0.825 bits per heavy atom. The van der Waals surface area contributed by atoms with Gasteiger partial charge in [-0.1, -0.05) is 218 Å². The molecule has 6 heteroatoms. The number of carbonyl (C=O) groups excluding carboxylic acids is 2. The van der Waals surface area contributed by atoms with Gasteiger partial charge < -0.3 is 20.3 Å². The molecule has 0 aliphatic carbocycles. The molecule has 0 radical (unpaired) electrons. The van der Waals surface area contributed by atoms with Crippen LogP contribution in [0.4, 0.5) is 0 Å². The molecule has 0 aliphatic rings. The Kier molecular flexibility index (Phi) is 45.7. The number of hydrogen-bond acceptors (Lipinski definition) is 5. The standard InChI is InChI=1S/C51H97NO5/c1-3-5-7-9-11-13-15-16-17-18-19-20-21-24-27-31-35-39-43-49(54)48(47-53)52-50(55)44-40-36-32-28-25-22-26-30-34-38-42-46-57-51(56)45-41-37-33-29-23-14-12-10-8-6-4-2/h26,30,39,43,48-49,53-54H,3-25,27-29,31-38,40-42,44-47H2,1-2H3,(H,52,55)/b30-26-,43-39+. The van der Waals surface area contributed by atoms with Crippen LogP contribution in [0.2, 0.25) is 0 Å². The second-order valence-electron chi connectivity index (χ2n) is 17.1. The van der Waals surface area contributed by atoms with E-state index in [2.05, 4.69) is 31.3 Å². The summed E-state index contributed by atoms with van der Waals surface area (Å²) in [4.78, 5) is 24.4. The summed E-state index contributed by atoms with van der Waals surface area (Å²) in [6.45, 7) is 4.82. The zero-order valence-corrected chi connectivity index (χ0v) is 38.1. The fraction of sp³-hybridized carbons (Fsp3) is 0.882. The van der Waals surface area contributed by atoms with Gasteiger partial charge >= 0.3 is 5.97 Å². The highest BCUT2D eigenvalue weighted by molar-refractivity contribution is 5.76. The van der Waals surface area contributed by atoms with Crippen LogP contribution in [0.15, 0.2) is 24.3 Å². The molecule has 0 saturated carbocycles. The highest BCUT2D eigenvalue weighted by Gasteiger charge is 2.18. The number of allylic oxidation sites excluding steroid dienone is 3. The zero-order valence-electron chi connectivity index (χ0n) is 38.1. The summed E-state index contributed by atoms with van der Waals surface area (Å²) in [5.74, 6) is -0.129. The Morgan fingerprint density at radius 3 is 1.25 bits per heavy atom. The van der Waals surface area contributed by atoms with E-state index in [1.807, 2.05) is 6.08 Å². The predicted molar refractivity (Wildman–Crippen MR) is 246 cm³/mol. The first kappa shape index (κ1) is 55.3. The van der Waals surface area contributed by atoms with Gasteiger partial charge in [-0.2, -0.15) is 0 Å². The molecule has 0 spiro atoms. The minimum atomic E-state index is -0.862. The van der Waals surface area contributed by atoms with Crippen molar-refractivity contribution in [3.8, 4) is 0 Å². The Labute approximate surface area is 354 Å². The summed E-state index contributed by atoms with van der Waals surface area (Å²) in [7, 11) is 0. The van der Waals surface area contributed by atoms with Crippen LogP contribution in [-0.4, -0.2) is 47.4 Å². The van der Waals surface area contributed by atoms with Gasteiger partial charge in [-0.25, -0.2) is 0 Å². The van der Waals surface area contributed by atoms with Gasteiger partial charge in [-0.3, -0.25) is 9.59 Å². The summed E-state index contributed by atoms with van der Waals surface area (Å²) < 4.78 is 5.41. The van der Waals surface area contributed by atoms with Crippen molar-refractivity contribution in [3.63, 3.8) is 0 Å². The van der Waals surface area contributed by atoms with Crippen molar-refractivity contribution in [1.82, 2.24) is 5.32 Å². The molecule has 0 aromatic heterocycles.